The minimum absolute atomic E-state index is 0.421. The van der Waals surface area contributed by atoms with Gasteiger partial charge in [0.1, 0.15) is 0 Å². The van der Waals surface area contributed by atoms with Crippen molar-refractivity contribution in [3.8, 4) is 0 Å². The predicted molar refractivity (Wildman–Crippen MR) is 123 cm³/mol. The Hall–Kier alpha value is -3.57. The number of hydrogen-bond donors (Lipinski definition) is 3. The summed E-state index contributed by atoms with van der Waals surface area (Å²) in [6.45, 7) is 5.89. The second kappa shape index (κ2) is 8.43. The quantitative estimate of drug-likeness (QED) is 0.298. The molecule has 0 bridgehead atoms. The van der Waals surface area contributed by atoms with Gasteiger partial charge in [-0.3, -0.25) is 10.0 Å². The number of nitrogens with zero attached hydrogens (tertiary/aromatic N) is 1. The van der Waals surface area contributed by atoms with Crippen LogP contribution in [-0.2, 0) is 6.54 Å². The molecule has 0 aliphatic rings. The van der Waals surface area contributed by atoms with Gasteiger partial charge < -0.3 is 9.88 Å². The fraction of sp³-hybridized carbons (Fsp3) is 0.160. The maximum Gasteiger partial charge on any atom is 0.274 e. The number of aryl methyl sites for hydroxylation is 1. The van der Waals surface area contributed by atoms with Crippen molar-refractivity contribution in [1.29, 1.82) is 0 Å². The second-order valence-corrected chi connectivity index (χ2v) is 7.40. The zero-order chi connectivity index (χ0) is 21.1. The van der Waals surface area contributed by atoms with Crippen molar-refractivity contribution in [2.24, 2.45) is 0 Å². The number of rotatable bonds is 6. The molecule has 30 heavy (non-hydrogen) atoms. The molecule has 1 aromatic heterocycles. The number of hydroxylamine groups is 1. The second-order valence-electron chi connectivity index (χ2n) is 7.40. The topological polar surface area (TPSA) is 66.3 Å². The molecule has 0 aliphatic heterocycles. The smallest absolute Gasteiger partial charge is 0.274 e. The van der Waals surface area contributed by atoms with E-state index in [1.807, 2.05) is 12.1 Å². The Bertz CT molecular complexity index is 1240. The molecule has 3 aromatic carbocycles. The van der Waals surface area contributed by atoms with Crippen molar-refractivity contribution in [3.05, 3.63) is 83.4 Å². The van der Waals surface area contributed by atoms with Gasteiger partial charge in [0.05, 0.1) is 5.52 Å². The van der Waals surface area contributed by atoms with Gasteiger partial charge in [0.2, 0.25) is 0 Å². The molecule has 1 amide bonds. The van der Waals surface area contributed by atoms with Crippen molar-refractivity contribution < 1.29 is 10.0 Å². The number of amides is 1. The standard InChI is InChI=1S/C25H25N3O2/c1-3-28-23-7-5-4-6-21(23)22-13-12-20(15-24(22)28)26-16-17(2)14-18-8-10-19(11-9-18)25(29)27-30/h4-15,26,30H,3,16H2,1-2H3,(H,27,29). The number of anilines is 1. The number of para-hydroxylation sites is 1. The van der Waals surface area contributed by atoms with E-state index in [0.717, 1.165) is 24.3 Å². The summed E-state index contributed by atoms with van der Waals surface area (Å²) in [7, 11) is 0. The number of carbonyl (C=O) groups excluding carboxylic acids is 1. The summed E-state index contributed by atoms with van der Waals surface area (Å²) in [6.07, 6.45) is 2.08. The van der Waals surface area contributed by atoms with Gasteiger partial charge in [0.25, 0.3) is 5.91 Å². The highest BCUT2D eigenvalue weighted by Gasteiger charge is 2.09. The van der Waals surface area contributed by atoms with Gasteiger partial charge in [-0.05, 0) is 49.7 Å². The first-order valence-electron chi connectivity index (χ1n) is 10.1. The van der Waals surface area contributed by atoms with Crippen molar-refractivity contribution in [2.45, 2.75) is 20.4 Å². The molecule has 1 heterocycles. The lowest BCUT2D eigenvalue weighted by Crippen LogP contribution is -2.18. The van der Waals surface area contributed by atoms with E-state index >= 15 is 0 Å². The van der Waals surface area contributed by atoms with Gasteiger partial charge in [0.15, 0.2) is 0 Å². The molecule has 0 radical (unpaired) electrons. The average Bonchev–Trinajstić information content (AvgIpc) is 3.10. The monoisotopic (exact) mass is 399 g/mol. The fourth-order valence-electron chi connectivity index (χ4n) is 3.87. The van der Waals surface area contributed by atoms with E-state index in [-0.39, 0.29) is 0 Å². The molecule has 3 N–H and O–H groups in total. The normalized spacial score (nSPS) is 11.8. The first-order chi connectivity index (χ1) is 14.6. The number of fused-ring (bicyclic) bond motifs is 3. The van der Waals surface area contributed by atoms with Crippen LogP contribution in [0.15, 0.2) is 72.3 Å². The van der Waals surface area contributed by atoms with E-state index in [4.69, 9.17) is 5.21 Å². The summed E-state index contributed by atoms with van der Waals surface area (Å²) < 4.78 is 2.35. The van der Waals surface area contributed by atoms with E-state index in [9.17, 15) is 4.79 Å². The molecule has 5 heteroatoms. The van der Waals surface area contributed by atoms with Crippen molar-refractivity contribution in [2.75, 3.05) is 11.9 Å². The Labute approximate surface area is 175 Å². The summed E-state index contributed by atoms with van der Waals surface area (Å²) in [5, 5.41) is 14.8. The van der Waals surface area contributed by atoms with Crippen LogP contribution in [0.5, 0.6) is 0 Å². The Kier molecular flexibility index (Phi) is 5.55. The number of benzene rings is 3. The Morgan fingerprint density at radius 3 is 2.47 bits per heavy atom. The van der Waals surface area contributed by atoms with Gasteiger partial charge in [-0.1, -0.05) is 48.0 Å². The van der Waals surface area contributed by atoms with Crippen LogP contribution in [0.2, 0.25) is 0 Å². The maximum atomic E-state index is 11.4. The Balaban J connectivity index is 1.52. The molecule has 0 unspecified atom stereocenters. The third kappa shape index (κ3) is 3.80. The van der Waals surface area contributed by atoms with Gasteiger partial charge in [-0.15, -0.1) is 0 Å². The number of hydrogen-bond acceptors (Lipinski definition) is 3. The summed E-state index contributed by atoms with van der Waals surface area (Å²) >= 11 is 0. The average molecular weight is 399 g/mol. The predicted octanol–water partition coefficient (Wildman–Crippen LogP) is 5.45. The van der Waals surface area contributed by atoms with Crippen LogP contribution in [0.1, 0.15) is 29.8 Å². The molecule has 0 fully saturated rings. The minimum Gasteiger partial charge on any atom is -0.381 e. The van der Waals surface area contributed by atoms with Crippen LogP contribution in [0.25, 0.3) is 27.9 Å². The largest absolute Gasteiger partial charge is 0.381 e. The molecule has 0 saturated heterocycles. The zero-order valence-corrected chi connectivity index (χ0v) is 17.1. The van der Waals surface area contributed by atoms with Crippen LogP contribution in [0.3, 0.4) is 0 Å². The lowest BCUT2D eigenvalue weighted by Gasteiger charge is -2.09. The van der Waals surface area contributed by atoms with Crippen molar-refractivity contribution in [1.82, 2.24) is 10.0 Å². The van der Waals surface area contributed by atoms with Crippen LogP contribution in [-0.4, -0.2) is 22.2 Å². The van der Waals surface area contributed by atoms with Crippen LogP contribution >= 0.6 is 0 Å². The molecular formula is C25H25N3O2. The molecule has 4 rings (SSSR count). The molecule has 4 aromatic rings. The van der Waals surface area contributed by atoms with Gasteiger partial charge >= 0.3 is 0 Å². The highest BCUT2D eigenvalue weighted by atomic mass is 16.5. The Morgan fingerprint density at radius 1 is 1.00 bits per heavy atom. The molecule has 0 atom stereocenters. The van der Waals surface area contributed by atoms with Crippen LogP contribution in [0, 0.1) is 0 Å². The first-order valence-corrected chi connectivity index (χ1v) is 10.1. The van der Waals surface area contributed by atoms with Crippen molar-refractivity contribution in [3.63, 3.8) is 0 Å². The van der Waals surface area contributed by atoms with Crippen molar-refractivity contribution >= 4 is 39.5 Å². The first kappa shape index (κ1) is 19.7. The van der Waals surface area contributed by atoms with Crippen LogP contribution < -0.4 is 10.8 Å². The van der Waals surface area contributed by atoms with E-state index in [1.165, 1.54) is 27.4 Å². The third-order valence-corrected chi connectivity index (χ3v) is 5.35. The Morgan fingerprint density at radius 2 is 1.73 bits per heavy atom. The molecule has 0 aliphatic carbocycles. The molecular weight excluding hydrogens is 374 g/mol. The van der Waals surface area contributed by atoms with Gasteiger partial charge in [0, 0.05) is 40.6 Å². The number of nitrogens with one attached hydrogen (secondary N) is 2. The van der Waals surface area contributed by atoms with Gasteiger partial charge in [-0.25, -0.2) is 5.48 Å². The van der Waals surface area contributed by atoms with E-state index < -0.39 is 5.91 Å². The van der Waals surface area contributed by atoms with E-state index in [1.54, 1.807) is 17.6 Å². The van der Waals surface area contributed by atoms with Gasteiger partial charge in [-0.2, -0.15) is 0 Å². The number of aromatic nitrogens is 1. The highest BCUT2D eigenvalue weighted by molar-refractivity contribution is 6.08. The SMILES string of the molecule is CCn1c2ccccc2c2ccc(NCC(C)=Cc3ccc(C(=O)NO)cc3)cc21. The van der Waals surface area contributed by atoms with E-state index in [2.05, 4.69) is 72.3 Å². The maximum absolute atomic E-state index is 11.4. The summed E-state index contributed by atoms with van der Waals surface area (Å²) in [4.78, 5) is 11.4. The molecule has 0 saturated carbocycles. The molecule has 152 valence electrons. The summed E-state index contributed by atoms with van der Waals surface area (Å²) in [5.74, 6) is -0.510. The third-order valence-electron chi connectivity index (χ3n) is 5.35. The van der Waals surface area contributed by atoms with E-state index in [0.29, 0.717) is 5.56 Å². The minimum atomic E-state index is -0.510. The van der Waals surface area contributed by atoms with Crippen LogP contribution in [0.4, 0.5) is 5.69 Å². The molecule has 5 nitrogen and oxygen atoms in total. The summed E-state index contributed by atoms with van der Waals surface area (Å²) in [5.41, 5.74) is 7.83. The summed E-state index contributed by atoms with van der Waals surface area (Å²) in [6, 6.07) is 22.2. The molecule has 0 spiro atoms. The lowest BCUT2D eigenvalue weighted by molar-refractivity contribution is 0.0706. The zero-order valence-electron chi connectivity index (χ0n) is 17.1. The highest BCUT2D eigenvalue weighted by Crippen LogP contribution is 2.30. The number of carbonyl (C=O) groups is 1. The fourth-order valence-corrected chi connectivity index (χ4v) is 3.87. The lowest BCUT2D eigenvalue weighted by atomic mass is 10.1.